The maximum atomic E-state index is 9.13. The summed E-state index contributed by atoms with van der Waals surface area (Å²) in [6, 6.07) is 0. The fourth-order valence-electron chi connectivity index (χ4n) is 3.06. The van der Waals surface area contributed by atoms with E-state index in [0.717, 1.165) is 5.92 Å². The lowest BCUT2D eigenvalue weighted by molar-refractivity contribution is -0.0577. The lowest BCUT2D eigenvalue weighted by Gasteiger charge is -2.53. The molecule has 0 saturated heterocycles. The number of hydrogen-bond acceptors (Lipinski definition) is 1. The molecule has 2 aliphatic rings. The zero-order chi connectivity index (χ0) is 8.98. The van der Waals surface area contributed by atoms with E-state index < -0.39 is 0 Å². The monoisotopic (exact) mass is 166 g/mol. The van der Waals surface area contributed by atoms with Gasteiger partial charge in [-0.1, -0.05) is 32.9 Å². The Morgan fingerprint density at radius 2 is 2.00 bits per heavy atom. The molecule has 0 spiro atoms. The fourth-order valence-corrected chi connectivity index (χ4v) is 3.06. The Morgan fingerprint density at radius 3 is 2.50 bits per heavy atom. The van der Waals surface area contributed by atoms with Crippen molar-refractivity contribution in [1.29, 1.82) is 0 Å². The molecule has 1 nitrogen and oxygen atoms in total. The second kappa shape index (κ2) is 2.14. The number of fused-ring (bicyclic) bond motifs is 1. The Morgan fingerprint density at radius 1 is 1.33 bits per heavy atom. The minimum atomic E-state index is 0.304. The second-order valence-corrected chi connectivity index (χ2v) is 5.19. The SMILES string of the molecule is CC1(C)C=C[C@]2(C)[C@@H](CO)C[C@H]12. The van der Waals surface area contributed by atoms with E-state index in [9.17, 15) is 0 Å². The van der Waals surface area contributed by atoms with Gasteiger partial charge in [-0.05, 0) is 29.1 Å². The quantitative estimate of drug-likeness (QED) is 0.592. The van der Waals surface area contributed by atoms with Gasteiger partial charge in [0.2, 0.25) is 0 Å². The molecular formula is C11H18O. The first-order valence-electron chi connectivity index (χ1n) is 4.82. The molecule has 0 aromatic carbocycles. The predicted molar refractivity (Wildman–Crippen MR) is 49.7 cm³/mol. The molecule has 2 rings (SSSR count). The van der Waals surface area contributed by atoms with Crippen LogP contribution in [0.2, 0.25) is 0 Å². The molecule has 2 aliphatic carbocycles. The van der Waals surface area contributed by atoms with Crippen molar-refractivity contribution in [3.63, 3.8) is 0 Å². The molecule has 1 heteroatoms. The van der Waals surface area contributed by atoms with Crippen LogP contribution in [-0.4, -0.2) is 11.7 Å². The van der Waals surface area contributed by atoms with Crippen LogP contribution < -0.4 is 0 Å². The van der Waals surface area contributed by atoms with Crippen molar-refractivity contribution < 1.29 is 5.11 Å². The molecule has 0 radical (unpaired) electrons. The molecular weight excluding hydrogens is 148 g/mol. The van der Waals surface area contributed by atoms with Gasteiger partial charge in [-0.25, -0.2) is 0 Å². The summed E-state index contributed by atoms with van der Waals surface area (Å²) in [5.74, 6) is 1.28. The average molecular weight is 166 g/mol. The molecule has 0 aromatic heterocycles. The summed E-state index contributed by atoms with van der Waals surface area (Å²) in [5, 5.41) is 9.13. The summed E-state index contributed by atoms with van der Waals surface area (Å²) in [6.07, 6.45) is 5.85. The summed E-state index contributed by atoms with van der Waals surface area (Å²) in [6.45, 7) is 7.24. The van der Waals surface area contributed by atoms with E-state index in [4.69, 9.17) is 5.11 Å². The molecule has 0 bridgehead atoms. The lowest BCUT2D eigenvalue weighted by atomic mass is 9.51. The molecule has 0 amide bonds. The molecule has 0 heterocycles. The topological polar surface area (TPSA) is 20.2 Å². The highest BCUT2D eigenvalue weighted by molar-refractivity contribution is 5.24. The van der Waals surface area contributed by atoms with Gasteiger partial charge in [-0.15, -0.1) is 0 Å². The zero-order valence-electron chi connectivity index (χ0n) is 8.17. The average Bonchev–Trinajstić information content (AvgIpc) is 2.13. The van der Waals surface area contributed by atoms with Crippen LogP contribution in [0.3, 0.4) is 0 Å². The smallest absolute Gasteiger partial charge is 0.0467 e. The van der Waals surface area contributed by atoms with Crippen molar-refractivity contribution in [1.82, 2.24) is 0 Å². The first-order valence-corrected chi connectivity index (χ1v) is 4.82. The van der Waals surface area contributed by atoms with Crippen LogP contribution in [-0.2, 0) is 0 Å². The van der Waals surface area contributed by atoms with Gasteiger partial charge in [0.05, 0.1) is 0 Å². The predicted octanol–water partition coefficient (Wildman–Crippen LogP) is 2.22. The van der Waals surface area contributed by atoms with Crippen LogP contribution >= 0.6 is 0 Å². The van der Waals surface area contributed by atoms with Gasteiger partial charge in [0.1, 0.15) is 0 Å². The molecule has 1 saturated carbocycles. The highest BCUT2D eigenvalue weighted by Gasteiger charge is 2.57. The van der Waals surface area contributed by atoms with Gasteiger partial charge >= 0.3 is 0 Å². The van der Waals surface area contributed by atoms with Crippen molar-refractivity contribution in [3.05, 3.63) is 12.2 Å². The van der Waals surface area contributed by atoms with Gasteiger partial charge in [0.25, 0.3) is 0 Å². The molecule has 0 unspecified atom stereocenters. The van der Waals surface area contributed by atoms with Gasteiger partial charge in [0.15, 0.2) is 0 Å². The Bertz CT molecular complexity index is 229. The Hall–Kier alpha value is -0.300. The summed E-state index contributed by atoms with van der Waals surface area (Å²) >= 11 is 0. The van der Waals surface area contributed by atoms with Crippen LogP contribution in [0.1, 0.15) is 27.2 Å². The summed E-state index contributed by atoms with van der Waals surface area (Å²) < 4.78 is 0. The van der Waals surface area contributed by atoms with Crippen LogP contribution in [0, 0.1) is 22.7 Å². The minimum Gasteiger partial charge on any atom is -0.396 e. The molecule has 68 valence electrons. The Balaban J connectivity index is 2.23. The first-order chi connectivity index (χ1) is 5.50. The third-order valence-corrected chi connectivity index (χ3v) is 4.14. The van der Waals surface area contributed by atoms with Crippen molar-refractivity contribution in [2.24, 2.45) is 22.7 Å². The molecule has 1 fully saturated rings. The van der Waals surface area contributed by atoms with Crippen molar-refractivity contribution in [2.45, 2.75) is 27.2 Å². The van der Waals surface area contributed by atoms with E-state index >= 15 is 0 Å². The Kier molecular flexibility index (Phi) is 1.48. The van der Waals surface area contributed by atoms with E-state index in [1.54, 1.807) is 0 Å². The summed E-state index contributed by atoms with van der Waals surface area (Å²) in [4.78, 5) is 0. The largest absolute Gasteiger partial charge is 0.396 e. The van der Waals surface area contributed by atoms with Crippen LogP contribution in [0.4, 0.5) is 0 Å². The molecule has 0 aromatic rings. The molecule has 0 aliphatic heterocycles. The molecule has 1 N–H and O–H groups in total. The summed E-state index contributed by atoms with van der Waals surface area (Å²) in [5.41, 5.74) is 0.665. The fraction of sp³-hybridized carbons (Fsp3) is 0.818. The minimum absolute atomic E-state index is 0.304. The van der Waals surface area contributed by atoms with Crippen LogP contribution in [0.25, 0.3) is 0 Å². The van der Waals surface area contributed by atoms with E-state index in [2.05, 4.69) is 32.9 Å². The van der Waals surface area contributed by atoms with Gasteiger partial charge < -0.3 is 5.11 Å². The van der Waals surface area contributed by atoms with E-state index in [1.165, 1.54) is 6.42 Å². The maximum Gasteiger partial charge on any atom is 0.0467 e. The van der Waals surface area contributed by atoms with Gasteiger partial charge in [-0.3, -0.25) is 0 Å². The zero-order valence-corrected chi connectivity index (χ0v) is 8.17. The van der Waals surface area contributed by atoms with Crippen molar-refractivity contribution in [3.8, 4) is 0 Å². The summed E-state index contributed by atoms with van der Waals surface area (Å²) in [7, 11) is 0. The Labute approximate surface area is 74.5 Å². The van der Waals surface area contributed by atoms with Crippen molar-refractivity contribution in [2.75, 3.05) is 6.61 Å². The van der Waals surface area contributed by atoms with Crippen LogP contribution in [0.15, 0.2) is 12.2 Å². The maximum absolute atomic E-state index is 9.13. The second-order valence-electron chi connectivity index (χ2n) is 5.19. The van der Waals surface area contributed by atoms with Crippen LogP contribution in [0.5, 0.6) is 0 Å². The first kappa shape index (κ1) is 8.31. The van der Waals surface area contributed by atoms with E-state index in [1.807, 2.05) is 0 Å². The third-order valence-electron chi connectivity index (χ3n) is 4.14. The normalized spacial score (nSPS) is 48.7. The standard InChI is InChI=1S/C11H18O/c1-10(2)4-5-11(3)8(7-12)6-9(10)11/h4-5,8-9,12H,6-7H2,1-3H3/t8-,9-,11-/m1/s1. The lowest BCUT2D eigenvalue weighted by Crippen LogP contribution is -2.49. The number of aliphatic hydroxyl groups excluding tert-OH is 1. The highest BCUT2D eigenvalue weighted by atomic mass is 16.3. The van der Waals surface area contributed by atoms with Gasteiger partial charge in [-0.2, -0.15) is 0 Å². The molecule has 3 atom stereocenters. The van der Waals surface area contributed by atoms with Crippen molar-refractivity contribution >= 4 is 0 Å². The number of allylic oxidation sites excluding steroid dienone is 2. The molecule has 12 heavy (non-hydrogen) atoms. The van der Waals surface area contributed by atoms with E-state index in [-0.39, 0.29) is 0 Å². The third kappa shape index (κ3) is 0.779. The number of rotatable bonds is 1. The number of aliphatic hydroxyl groups is 1. The van der Waals surface area contributed by atoms with Gasteiger partial charge in [0, 0.05) is 6.61 Å². The van der Waals surface area contributed by atoms with E-state index in [0.29, 0.717) is 23.4 Å². The highest BCUT2D eigenvalue weighted by Crippen LogP contribution is 2.63. The number of hydrogen-bond donors (Lipinski definition) is 1.